The van der Waals surface area contributed by atoms with Crippen molar-refractivity contribution in [2.75, 3.05) is 13.7 Å². The van der Waals surface area contributed by atoms with Gasteiger partial charge < -0.3 is 15.3 Å². The lowest BCUT2D eigenvalue weighted by molar-refractivity contribution is -0.138. The summed E-state index contributed by atoms with van der Waals surface area (Å²) in [6.07, 6.45) is 3.64. The van der Waals surface area contributed by atoms with E-state index in [9.17, 15) is 29.3 Å². The maximum Gasteiger partial charge on any atom is 0.233 e. The van der Waals surface area contributed by atoms with Crippen LogP contribution in [0.3, 0.4) is 0 Å². The lowest BCUT2D eigenvalue weighted by Gasteiger charge is -2.36. The number of phenolic OH excluding ortho intramolecular Hbond substituents is 1. The molecule has 2 amide bonds. The zero-order valence-electron chi connectivity index (χ0n) is 21.2. The highest BCUT2D eigenvalue weighted by atomic mass is 19.1. The van der Waals surface area contributed by atoms with Crippen LogP contribution in [0, 0.1) is 23.6 Å². The first kappa shape index (κ1) is 26.8. The normalized spacial score (nSPS) is 23.0. The van der Waals surface area contributed by atoms with Crippen LogP contribution >= 0.6 is 0 Å². The number of hydrogen-bond donors (Lipinski definition) is 3. The number of aliphatic hydroxyl groups is 2. The van der Waals surface area contributed by atoms with E-state index in [4.69, 9.17) is 0 Å². The van der Waals surface area contributed by atoms with Crippen LogP contribution in [-0.2, 0) is 9.59 Å². The molecule has 7 heteroatoms. The number of fused-ring (bicyclic) bond motifs is 1. The molecule has 1 heterocycles. The third-order valence-corrected chi connectivity index (χ3v) is 7.66. The molecule has 2 aromatic carbocycles. The summed E-state index contributed by atoms with van der Waals surface area (Å²) in [6.45, 7) is 1.71. The number of carbonyl (C=O) groups excluding carboxylic acids is 2. The molecule has 2 aromatic rings. The van der Waals surface area contributed by atoms with Gasteiger partial charge in [-0.3, -0.25) is 14.5 Å². The predicted octanol–water partition coefficient (Wildman–Crippen LogP) is 4.55. The predicted molar refractivity (Wildman–Crippen MR) is 140 cm³/mol. The summed E-state index contributed by atoms with van der Waals surface area (Å²) >= 11 is 0. The van der Waals surface area contributed by atoms with E-state index in [1.165, 1.54) is 19.2 Å². The Kier molecular flexibility index (Phi) is 8.25. The molecule has 37 heavy (non-hydrogen) atoms. The summed E-state index contributed by atoms with van der Waals surface area (Å²) in [7, 11) is 1.48. The largest absolute Gasteiger partial charge is 0.505 e. The highest BCUT2D eigenvalue weighted by molar-refractivity contribution is 6.05. The van der Waals surface area contributed by atoms with Gasteiger partial charge in [0.15, 0.2) is 11.6 Å². The number of halogens is 1. The van der Waals surface area contributed by atoms with Crippen LogP contribution in [0.2, 0.25) is 0 Å². The molecule has 1 saturated heterocycles. The first-order valence-corrected chi connectivity index (χ1v) is 12.8. The minimum Gasteiger partial charge on any atom is -0.505 e. The van der Waals surface area contributed by atoms with E-state index < -0.39 is 35.4 Å². The topological polar surface area (TPSA) is 98.1 Å². The summed E-state index contributed by atoms with van der Waals surface area (Å²) in [5.41, 5.74) is 4.03. The third kappa shape index (κ3) is 5.38. The van der Waals surface area contributed by atoms with Crippen molar-refractivity contribution in [3.05, 3.63) is 76.6 Å². The van der Waals surface area contributed by atoms with E-state index in [-0.39, 0.29) is 18.4 Å². The molecule has 0 saturated carbocycles. The minimum absolute atomic E-state index is 0.217. The molecule has 1 aliphatic heterocycles. The van der Waals surface area contributed by atoms with Gasteiger partial charge in [-0.15, -0.1) is 0 Å². The van der Waals surface area contributed by atoms with Crippen LogP contribution in [-0.4, -0.2) is 51.8 Å². The number of amides is 2. The third-order valence-electron chi connectivity index (χ3n) is 7.66. The zero-order valence-corrected chi connectivity index (χ0v) is 21.2. The van der Waals surface area contributed by atoms with Crippen LogP contribution in [0.15, 0.2) is 59.7 Å². The average Bonchev–Trinajstić information content (AvgIpc) is 3.11. The van der Waals surface area contributed by atoms with Crippen molar-refractivity contribution in [1.82, 2.24) is 4.90 Å². The second-order valence-corrected chi connectivity index (χ2v) is 9.97. The molecule has 0 unspecified atom stereocenters. The molecule has 2 aliphatic rings. The second-order valence-electron chi connectivity index (χ2n) is 9.97. The number of nitrogens with zero attached hydrogens (tertiary/aromatic N) is 1. The van der Waals surface area contributed by atoms with E-state index in [0.717, 1.165) is 28.0 Å². The number of aromatic hydroxyl groups is 1. The van der Waals surface area contributed by atoms with Gasteiger partial charge in [0.2, 0.25) is 11.8 Å². The molecule has 0 radical (unpaired) electrons. The van der Waals surface area contributed by atoms with E-state index in [1.54, 1.807) is 6.07 Å². The number of likely N-dealkylation sites (tertiary alicyclic amines) is 1. The van der Waals surface area contributed by atoms with Crippen LogP contribution in [0.25, 0.3) is 11.6 Å². The van der Waals surface area contributed by atoms with Crippen LogP contribution in [0.1, 0.15) is 50.2 Å². The van der Waals surface area contributed by atoms with Crippen molar-refractivity contribution in [2.45, 2.75) is 45.1 Å². The van der Waals surface area contributed by atoms with Gasteiger partial charge in [-0.05, 0) is 60.1 Å². The molecular weight excluding hydrogens is 473 g/mol. The number of hydrogen-bond acceptors (Lipinski definition) is 5. The van der Waals surface area contributed by atoms with Gasteiger partial charge in [-0.1, -0.05) is 61.4 Å². The standard InChI is InChI=1S/C30H34FNO5/c1-3-7-21-16-22-28(30(37)32(2)29(22)36)23(17-33)27(21)26(35)13-11-20(19-8-5-4-6-9-19)14-18-10-12-25(34)24(31)15-18/h4-6,8-10,12,14-15,22-23,26,28,33-35H,3,7,11,13,16-17H2,1-2H3/b20-14-/t22-,23+,26-,28-/m1/s1. The van der Waals surface area contributed by atoms with Gasteiger partial charge in [-0.25, -0.2) is 4.39 Å². The van der Waals surface area contributed by atoms with Gasteiger partial charge >= 0.3 is 0 Å². The fraction of sp³-hybridized carbons (Fsp3) is 0.400. The number of carbonyl (C=O) groups is 2. The molecule has 4 atom stereocenters. The lowest BCUT2D eigenvalue weighted by Crippen LogP contribution is -2.39. The van der Waals surface area contributed by atoms with Crippen molar-refractivity contribution in [1.29, 1.82) is 0 Å². The Morgan fingerprint density at radius 3 is 2.54 bits per heavy atom. The summed E-state index contributed by atoms with van der Waals surface area (Å²) in [4.78, 5) is 26.8. The van der Waals surface area contributed by atoms with E-state index in [0.29, 0.717) is 36.8 Å². The molecule has 0 spiro atoms. The van der Waals surface area contributed by atoms with Crippen LogP contribution in [0.5, 0.6) is 5.75 Å². The van der Waals surface area contributed by atoms with Gasteiger partial charge in [0.1, 0.15) is 0 Å². The smallest absolute Gasteiger partial charge is 0.233 e. The molecule has 4 rings (SSSR count). The maximum absolute atomic E-state index is 14.0. The Labute approximate surface area is 216 Å². The van der Waals surface area contributed by atoms with E-state index >= 15 is 0 Å². The monoisotopic (exact) mass is 507 g/mol. The maximum atomic E-state index is 14.0. The minimum atomic E-state index is -0.905. The number of imide groups is 1. The highest BCUT2D eigenvalue weighted by Crippen LogP contribution is 2.47. The Morgan fingerprint density at radius 2 is 1.89 bits per heavy atom. The average molecular weight is 508 g/mol. The van der Waals surface area contributed by atoms with Crippen molar-refractivity contribution in [3.8, 4) is 5.75 Å². The van der Waals surface area contributed by atoms with Crippen molar-refractivity contribution >= 4 is 23.5 Å². The van der Waals surface area contributed by atoms with Gasteiger partial charge in [0, 0.05) is 13.0 Å². The Hall–Kier alpha value is -3.29. The summed E-state index contributed by atoms with van der Waals surface area (Å²) in [6, 6.07) is 13.8. The van der Waals surface area contributed by atoms with Gasteiger partial charge in [-0.2, -0.15) is 0 Å². The first-order valence-electron chi connectivity index (χ1n) is 12.8. The summed E-state index contributed by atoms with van der Waals surface area (Å²) in [5.74, 6) is -3.39. The SMILES string of the molecule is CCCC1=C([C@H](O)CC/C(=C/c2ccc(O)c(F)c2)c2ccccc2)[C@H](CO)[C@@H]2C(=O)N(C)C(=O)[C@@H]2C1. The Morgan fingerprint density at radius 1 is 1.16 bits per heavy atom. The Bertz CT molecular complexity index is 1220. The molecular formula is C30H34FNO5. The fourth-order valence-corrected chi connectivity index (χ4v) is 5.87. The molecule has 1 fully saturated rings. The summed E-state index contributed by atoms with van der Waals surface area (Å²) < 4.78 is 14.0. The molecule has 1 aliphatic carbocycles. The van der Waals surface area contributed by atoms with Crippen molar-refractivity contribution in [3.63, 3.8) is 0 Å². The zero-order chi connectivity index (χ0) is 26.7. The lowest BCUT2D eigenvalue weighted by atomic mass is 9.67. The number of allylic oxidation sites excluding steroid dienone is 2. The van der Waals surface area contributed by atoms with Crippen molar-refractivity contribution in [2.24, 2.45) is 17.8 Å². The van der Waals surface area contributed by atoms with Gasteiger partial charge in [0.25, 0.3) is 0 Å². The second kappa shape index (κ2) is 11.4. The van der Waals surface area contributed by atoms with E-state index in [1.807, 2.05) is 43.3 Å². The Balaban J connectivity index is 1.65. The molecule has 0 bridgehead atoms. The summed E-state index contributed by atoms with van der Waals surface area (Å²) in [5, 5.41) is 31.3. The van der Waals surface area contributed by atoms with Crippen LogP contribution < -0.4 is 0 Å². The molecule has 6 nitrogen and oxygen atoms in total. The number of rotatable bonds is 9. The van der Waals surface area contributed by atoms with Gasteiger partial charge in [0.05, 0.1) is 24.5 Å². The number of benzene rings is 2. The van der Waals surface area contributed by atoms with Crippen LogP contribution in [0.4, 0.5) is 4.39 Å². The first-order chi connectivity index (χ1) is 17.8. The highest BCUT2D eigenvalue weighted by Gasteiger charge is 2.53. The number of aliphatic hydroxyl groups excluding tert-OH is 2. The van der Waals surface area contributed by atoms with Crippen molar-refractivity contribution < 1.29 is 29.3 Å². The molecule has 196 valence electrons. The number of phenols is 1. The molecule has 3 N–H and O–H groups in total. The molecule has 0 aromatic heterocycles. The van der Waals surface area contributed by atoms with E-state index in [2.05, 4.69) is 0 Å². The fourth-order valence-electron chi connectivity index (χ4n) is 5.87. The quantitative estimate of drug-likeness (QED) is 0.263.